The van der Waals surface area contributed by atoms with Gasteiger partial charge in [0.05, 0.1) is 37.7 Å². The Balaban J connectivity index is 1.85. The first-order chi connectivity index (χ1) is 11.3. The van der Waals surface area contributed by atoms with Crippen molar-refractivity contribution in [1.82, 2.24) is 9.97 Å². The number of methoxy groups -OCH3 is 1. The summed E-state index contributed by atoms with van der Waals surface area (Å²) in [7, 11) is 1.66. The van der Waals surface area contributed by atoms with E-state index in [1.54, 1.807) is 13.4 Å². The zero-order valence-corrected chi connectivity index (χ0v) is 12.9. The summed E-state index contributed by atoms with van der Waals surface area (Å²) < 4.78 is 16.3. The quantitative estimate of drug-likeness (QED) is 0.741. The van der Waals surface area contributed by atoms with E-state index < -0.39 is 0 Å². The largest absolute Gasteiger partial charge is 0.497 e. The van der Waals surface area contributed by atoms with Gasteiger partial charge in [-0.05, 0) is 18.2 Å². The SMILES string of the molecule is COc1cccc(-c2nc(N3CCOCC3)nc3occc23)c1. The second-order valence-corrected chi connectivity index (χ2v) is 5.34. The topological polar surface area (TPSA) is 60.6 Å². The number of hydrogen-bond acceptors (Lipinski definition) is 6. The van der Waals surface area contributed by atoms with Crippen LogP contribution in [0.2, 0.25) is 0 Å². The molecule has 0 saturated carbocycles. The summed E-state index contributed by atoms with van der Waals surface area (Å²) >= 11 is 0. The number of anilines is 1. The fourth-order valence-corrected chi connectivity index (χ4v) is 2.74. The average molecular weight is 311 g/mol. The number of benzene rings is 1. The first-order valence-electron chi connectivity index (χ1n) is 7.57. The maximum Gasteiger partial charge on any atom is 0.231 e. The molecule has 3 heterocycles. The molecule has 0 unspecified atom stereocenters. The van der Waals surface area contributed by atoms with Crippen molar-refractivity contribution in [2.24, 2.45) is 0 Å². The number of aromatic nitrogens is 2. The van der Waals surface area contributed by atoms with Crippen molar-refractivity contribution in [3.05, 3.63) is 36.6 Å². The molecule has 1 aliphatic heterocycles. The fourth-order valence-electron chi connectivity index (χ4n) is 2.74. The predicted molar refractivity (Wildman–Crippen MR) is 86.8 cm³/mol. The molecule has 0 spiro atoms. The molecule has 0 aliphatic carbocycles. The van der Waals surface area contributed by atoms with Crippen LogP contribution in [0.1, 0.15) is 0 Å². The number of rotatable bonds is 3. The molecule has 2 aromatic heterocycles. The maximum atomic E-state index is 5.53. The molecule has 3 aromatic rings. The molecular formula is C17H17N3O3. The van der Waals surface area contributed by atoms with Gasteiger partial charge in [0.15, 0.2) is 0 Å². The van der Waals surface area contributed by atoms with Gasteiger partial charge in [-0.15, -0.1) is 0 Å². The minimum Gasteiger partial charge on any atom is -0.497 e. The summed E-state index contributed by atoms with van der Waals surface area (Å²) in [5.41, 5.74) is 2.43. The molecule has 6 heteroatoms. The zero-order chi connectivity index (χ0) is 15.6. The van der Waals surface area contributed by atoms with E-state index in [4.69, 9.17) is 18.9 Å². The van der Waals surface area contributed by atoms with E-state index >= 15 is 0 Å². The van der Waals surface area contributed by atoms with Gasteiger partial charge in [-0.1, -0.05) is 12.1 Å². The predicted octanol–water partition coefficient (Wildman–Crippen LogP) is 2.74. The van der Waals surface area contributed by atoms with Crippen molar-refractivity contribution in [3.8, 4) is 17.0 Å². The van der Waals surface area contributed by atoms with Crippen LogP contribution in [0.15, 0.2) is 41.0 Å². The summed E-state index contributed by atoms with van der Waals surface area (Å²) in [6.45, 7) is 2.94. The van der Waals surface area contributed by atoms with E-state index in [2.05, 4.69) is 9.88 Å². The maximum absolute atomic E-state index is 5.53. The first-order valence-corrected chi connectivity index (χ1v) is 7.57. The molecule has 1 saturated heterocycles. The third kappa shape index (κ3) is 2.61. The van der Waals surface area contributed by atoms with Crippen molar-refractivity contribution in [3.63, 3.8) is 0 Å². The van der Waals surface area contributed by atoms with Crippen LogP contribution in [-0.2, 0) is 4.74 Å². The lowest BCUT2D eigenvalue weighted by atomic mass is 10.1. The second kappa shape index (κ2) is 5.89. The second-order valence-electron chi connectivity index (χ2n) is 5.34. The Kier molecular flexibility index (Phi) is 3.59. The molecule has 0 bridgehead atoms. The zero-order valence-electron chi connectivity index (χ0n) is 12.9. The van der Waals surface area contributed by atoms with Gasteiger partial charge in [-0.25, -0.2) is 4.98 Å². The van der Waals surface area contributed by atoms with E-state index in [1.807, 2.05) is 30.3 Å². The van der Waals surface area contributed by atoms with Gasteiger partial charge in [0, 0.05) is 18.7 Å². The van der Waals surface area contributed by atoms with Gasteiger partial charge in [0.1, 0.15) is 5.75 Å². The van der Waals surface area contributed by atoms with E-state index in [1.165, 1.54) is 0 Å². The minimum atomic E-state index is 0.597. The summed E-state index contributed by atoms with van der Waals surface area (Å²) in [4.78, 5) is 11.5. The Hall–Kier alpha value is -2.60. The third-order valence-corrected chi connectivity index (χ3v) is 3.95. The number of furan rings is 1. The Morgan fingerprint density at radius 3 is 2.83 bits per heavy atom. The Morgan fingerprint density at radius 1 is 1.13 bits per heavy atom. The van der Waals surface area contributed by atoms with Crippen molar-refractivity contribution in [2.75, 3.05) is 38.3 Å². The van der Waals surface area contributed by atoms with Gasteiger partial charge in [0.2, 0.25) is 11.7 Å². The number of ether oxygens (including phenoxy) is 2. The van der Waals surface area contributed by atoms with Crippen molar-refractivity contribution in [1.29, 1.82) is 0 Å². The van der Waals surface area contributed by atoms with E-state index in [0.717, 1.165) is 35.5 Å². The lowest BCUT2D eigenvalue weighted by Crippen LogP contribution is -2.37. The summed E-state index contributed by atoms with van der Waals surface area (Å²) in [5, 5.41) is 0.898. The monoisotopic (exact) mass is 311 g/mol. The van der Waals surface area contributed by atoms with Gasteiger partial charge >= 0.3 is 0 Å². The minimum absolute atomic E-state index is 0.597. The molecule has 6 nitrogen and oxygen atoms in total. The highest BCUT2D eigenvalue weighted by Gasteiger charge is 2.18. The van der Waals surface area contributed by atoms with E-state index in [0.29, 0.717) is 24.9 Å². The van der Waals surface area contributed by atoms with Gasteiger partial charge in [-0.3, -0.25) is 0 Å². The van der Waals surface area contributed by atoms with Crippen LogP contribution in [0.4, 0.5) is 5.95 Å². The highest BCUT2D eigenvalue weighted by Crippen LogP contribution is 2.31. The van der Waals surface area contributed by atoms with Crippen LogP contribution in [0.5, 0.6) is 5.75 Å². The van der Waals surface area contributed by atoms with Gasteiger partial charge in [-0.2, -0.15) is 4.98 Å². The molecule has 118 valence electrons. The van der Waals surface area contributed by atoms with Crippen LogP contribution in [0, 0.1) is 0 Å². The molecule has 1 aromatic carbocycles. The highest BCUT2D eigenvalue weighted by atomic mass is 16.5. The summed E-state index contributed by atoms with van der Waals surface area (Å²) in [5.74, 6) is 1.47. The molecule has 23 heavy (non-hydrogen) atoms. The van der Waals surface area contributed by atoms with Crippen LogP contribution in [-0.4, -0.2) is 43.4 Å². The van der Waals surface area contributed by atoms with Crippen LogP contribution >= 0.6 is 0 Å². The van der Waals surface area contributed by atoms with Crippen molar-refractivity contribution < 1.29 is 13.9 Å². The molecular weight excluding hydrogens is 294 g/mol. The fraction of sp³-hybridized carbons (Fsp3) is 0.294. The average Bonchev–Trinajstić information content (AvgIpc) is 3.10. The normalized spacial score (nSPS) is 15.1. The molecule has 0 N–H and O–H groups in total. The highest BCUT2D eigenvalue weighted by molar-refractivity contribution is 5.90. The number of fused-ring (bicyclic) bond motifs is 1. The third-order valence-electron chi connectivity index (χ3n) is 3.95. The van der Waals surface area contributed by atoms with Crippen molar-refractivity contribution >= 4 is 17.0 Å². The van der Waals surface area contributed by atoms with Crippen LogP contribution in [0.25, 0.3) is 22.4 Å². The standard InChI is InChI=1S/C17H17N3O3/c1-21-13-4-2-3-12(11-13)15-14-5-8-23-16(14)19-17(18-15)20-6-9-22-10-7-20/h2-5,8,11H,6-7,9-10H2,1H3. The lowest BCUT2D eigenvalue weighted by molar-refractivity contribution is 0.122. The lowest BCUT2D eigenvalue weighted by Gasteiger charge is -2.26. The van der Waals surface area contributed by atoms with E-state index in [9.17, 15) is 0 Å². The Labute approximate surface area is 133 Å². The first kappa shape index (κ1) is 14.0. The summed E-state index contributed by atoms with van der Waals surface area (Å²) in [6.07, 6.45) is 1.64. The van der Waals surface area contributed by atoms with Crippen LogP contribution in [0.3, 0.4) is 0 Å². The molecule has 1 fully saturated rings. The van der Waals surface area contributed by atoms with Crippen molar-refractivity contribution in [2.45, 2.75) is 0 Å². The van der Waals surface area contributed by atoms with E-state index in [-0.39, 0.29) is 0 Å². The number of hydrogen-bond donors (Lipinski definition) is 0. The number of morpholine rings is 1. The smallest absolute Gasteiger partial charge is 0.231 e. The molecule has 0 atom stereocenters. The summed E-state index contributed by atoms with van der Waals surface area (Å²) in [6, 6.07) is 9.75. The van der Waals surface area contributed by atoms with Gasteiger partial charge < -0.3 is 18.8 Å². The van der Waals surface area contributed by atoms with Crippen LogP contribution < -0.4 is 9.64 Å². The Bertz CT molecular complexity index is 825. The van der Waals surface area contributed by atoms with Gasteiger partial charge in [0.25, 0.3) is 0 Å². The number of nitrogens with zero attached hydrogens (tertiary/aromatic N) is 3. The molecule has 4 rings (SSSR count). The molecule has 1 aliphatic rings. The molecule has 0 radical (unpaired) electrons. The Morgan fingerprint density at radius 2 is 2.00 bits per heavy atom. The molecule has 0 amide bonds.